The Bertz CT molecular complexity index is 917. The molecule has 3 rings (SSSR count). The van der Waals surface area contributed by atoms with Crippen molar-refractivity contribution in [1.29, 1.82) is 0 Å². The van der Waals surface area contributed by atoms with Crippen LogP contribution in [0.15, 0.2) is 58.3 Å². The Morgan fingerprint density at radius 1 is 1.19 bits per heavy atom. The van der Waals surface area contributed by atoms with Crippen LogP contribution in [0.5, 0.6) is 0 Å². The number of piperidine rings is 1. The number of nitrogens with one attached hydrogen (secondary N) is 1. The van der Waals surface area contributed by atoms with Gasteiger partial charge in [-0.25, -0.2) is 12.7 Å². The molecule has 1 N–H and O–H groups in total. The van der Waals surface area contributed by atoms with Gasteiger partial charge in [-0.2, -0.15) is 0 Å². The molecule has 5 nitrogen and oxygen atoms in total. The largest absolute Gasteiger partial charge is 0.325 e. The molecule has 0 spiro atoms. The maximum atomic E-state index is 12.7. The lowest BCUT2D eigenvalue weighted by Gasteiger charge is -2.30. The summed E-state index contributed by atoms with van der Waals surface area (Å²) in [5.74, 6) is -0.491. The zero-order valence-electron chi connectivity index (χ0n) is 14.9. The molecule has 1 aliphatic heterocycles. The Morgan fingerprint density at radius 2 is 1.89 bits per heavy atom. The Balaban J connectivity index is 1.72. The van der Waals surface area contributed by atoms with Gasteiger partial charge in [0.25, 0.3) is 0 Å². The molecule has 0 aromatic heterocycles. The molecule has 1 amide bonds. The lowest BCUT2D eigenvalue weighted by Crippen LogP contribution is -2.43. The van der Waals surface area contributed by atoms with Crippen molar-refractivity contribution in [2.24, 2.45) is 5.92 Å². The number of carbonyl (C=O) groups is 1. The first-order valence-electron chi connectivity index (χ1n) is 8.61. The van der Waals surface area contributed by atoms with Crippen LogP contribution in [0.25, 0.3) is 0 Å². The van der Waals surface area contributed by atoms with Crippen LogP contribution in [0, 0.1) is 5.92 Å². The van der Waals surface area contributed by atoms with Gasteiger partial charge in [-0.05, 0) is 49.2 Å². The van der Waals surface area contributed by atoms with Gasteiger partial charge in [-0.3, -0.25) is 4.79 Å². The minimum absolute atomic E-state index is 0.146. The van der Waals surface area contributed by atoms with Gasteiger partial charge >= 0.3 is 0 Å². The van der Waals surface area contributed by atoms with Gasteiger partial charge in [0.2, 0.25) is 15.9 Å². The molecule has 0 unspecified atom stereocenters. The summed E-state index contributed by atoms with van der Waals surface area (Å²) in [5.41, 5.74) is 0.721. The minimum Gasteiger partial charge on any atom is -0.325 e. The van der Waals surface area contributed by atoms with E-state index in [-0.39, 0.29) is 18.4 Å². The molecule has 1 saturated heterocycles. The molecule has 8 heteroatoms. The molecule has 0 aliphatic carbocycles. The number of anilines is 1. The zero-order chi connectivity index (χ0) is 19.4. The number of benzene rings is 2. The van der Waals surface area contributed by atoms with Crippen LogP contribution >= 0.6 is 23.4 Å². The molecule has 2 aromatic carbocycles. The molecular formula is C19H21ClN2O3S2. The highest BCUT2D eigenvalue weighted by Crippen LogP contribution is 2.34. The number of amides is 1. The third-order valence-electron chi connectivity index (χ3n) is 4.41. The second-order valence-electron chi connectivity index (χ2n) is 6.50. The Labute approximate surface area is 169 Å². The Kier molecular flexibility index (Phi) is 6.47. The van der Waals surface area contributed by atoms with E-state index in [9.17, 15) is 13.2 Å². The highest BCUT2D eigenvalue weighted by atomic mass is 35.5. The van der Waals surface area contributed by atoms with Crippen molar-refractivity contribution in [3.05, 3.63) is 53.6 Å². The summed E-state index contributed by atoms with van der Waals surface area (Å²) >= 11 is 7.47. The fourth-order valence-corrected chi connectivity index (χ4v) is 4.92. The van der Waals surface area contributed by atoms with Gasteiger partial charge < -0.3 is 5.32 Å². The number of carbonyl (C=O) groups excluding carboxylic acids is 1. The van der Waals surface area contributed by atoms with Gasteiger partial charge in [-0.15, -0.1) is 0 Å². The van der Waals surface area contributed by atoms with Crippen molar-refractivity contribution >= 4 is 45.0 Å². The number of nitrogens with zero attached hydrogens (tertiary/aromatic N) is 1. The lowest BCUT2D eigenvalue weighted by molar-refractivity contribution is -0.120. The third-order valence-corrected chi connectivity index (χ3v) is 7.02. The SMILES string of the molecule is CS(=O)(=O)N1CCC[C@@H](C(=O)Nc2ccccc2Sc2ccc(Cl)cc2)C1. The average molecular weight is 425 g/mol. The Morgan fingerprint density at radius 3 is 2.59 bits per heavy atom. The number of para-hydroxylation sites is 1. The highest BCUT2D eigenvalue weighted by molar-refractivity contribution is 7.99. The average Bonchev–Trinajstić information content (AvgIpc) is 2.64. The number of hydrogen-bond donors (Lipinski definition) is 1. The molecule has 1 aliphatic rings. The van der Waals surface area contributed by atoms with Crippen LogP contribution in [0.3, 0.4) is 0 Å². The lowest BCUT2D eigenvalue weighted by atomic mass is 9.99. The van der Waals surface area contributed by atoms with E-state index in [0.717, 1.165) is 15.5 Å². The molecule has 1 atom stereocenters. The summed E-state index contributed by atoms with van der Waals surface area (Å²) in [5, 5.41) is 3.65. The van der Waals surface area contributed by atoms with Crippen molar-refractivity contribution < 1.29 is 13.2 Å². The van der Waals surface area contributed by atoms with E-state index < -0.39 is 10.0 Å². The van der Waals surface area contributed by atoms with E-state index in [1.165, 1.54) is 22.3 Å². The summed E-state index contributed by atoms with van der Waals surface area (Å²) in [6, 6.07) is 15.1. The van der Waals surface area contributed by atoms with E-state index in [1.807, 2.05) is 48.5 Å². The maximum absolute atomic E-state index is 12.7. The van der Waals surface area contributed by atoms with E-state index in [2.05, 4.69) is 5.32 Å². The maximum Gasteiger partial charge on any atom is 0.228 e. The van der Waals surface area contributed by atoms with Crippen LogP contribution in [-0.2, 0) is 14.8 Å². The summed E-state index contributed by atoms with van der Waals surface area (Å²) in [6.07, 6.45) is 2.56. The number of sulfonamides is 1. The fraction of sp³-hybridized carbons (Fsp3) is 0.316. The first kappa shape index (κ1) is 20.2. The predicted molar refractivity (Wildman–Crippen MR) is 110 cm³/mol. The number of rotatable bonds is 5. The van der Waals surface area contributed by atoms with E-state index in [0.29, 0.717) is 24.4 Å². The smallest absolute Gasteiger partial charge is 0.228 e. The van der Waals surface area contributed by atoms with Gasteiger partial charge in [-0.1, -0.05) is 35.5 Å². The van der Waals surface area contributed by atoms with Gasteiger partial charge in [0.15, 0.2) is 0 Å². The second-order valence-corrected chi connectivity index (χ2v) is 10.0. The van der Waals surface area contributed by atoms with Crippen molar-refractivity contribution in [1.82, 2.24) is 4.31 Å². The van der Waals surface area contributed by atoms with Crippen molar-refractivity contribution in [2.45, 2.75) is 22.6 Å². The first-order chi connectivity index (χ1) is 12.8. The molecule has 27 heavy (non-hydrogen) atoms. The summed E-state index contributed by atoms with van der Waals surface area (Å²) in [4.78, 5) is 14.7. The topological polar surface area (TPSA) is 66.5 Å². The van der Waals surface area contributed by atoms with E-state index in [4.69, 9.17) is 11.6 Å². The van der Waals surface area contributed by atoms with Crippen LogP contribution in [0.2, 0.25) is 5.02 Å². The fourth-order valence-electron chi connectivity index (χ4n) is 2.98. The molecule has 0 bridgehead atoms. The standard InChI is InChI=1S/C19H21ClN2O3S2/c1-27(24,25)22-12-4-5-14(13-22)19(23)21-17-6-2-3-7-18(17)26-16-10-8-15(20)9-11-16/h2-3,6-11,14H,4-5,12-13H2,1H3,(H,21,23)/t14-/m1/s1. The molecular weight excluding hydrogens is 404 g/mol. The minimum atomic E-state index is -3.28. The normalized spacial score (nSPS) is 18.2. The molecule has 1 fully saturated rings. The van der Waals surface area contributed by atoms with Crippen molar-refractivity contribution in [3.63, 3.8) is 0 Å². The number of halogens is 1. The molecule has 2 aromatic rings. The monoisotopic (exact) mass is 424 g/mol. The second kappa shape index (κ2) is 8.65. The summed E-state index contributed by atoms with van der Waals surface area (Å²) in [7, 11) is -3.28. The molecule has 1 heterocycles. The quantitative estimate of drug-likeness (QED) is 0.784. The van der Waals surface area contributed by atoms with E-state index in [1.54, 1.807) is 0 Å². The van der Waals surface area contributed by atoms with Gasteiger partial charge in [0.05, 0.1) is 17.9 Å². The summed E-state index contributed by atoms with van der Waals surface area (Å²) < 4.78 is 24.9. The highest BCUT2D eigenvalue weighted by Gasteiger charge is 2.30. The van der Waals surface area contributed by atoms with Crippen LogP contribution in [-0.4, -0.2) is 38.0 Å². The van der Waals surface area contributed by atoms with Crippen molar-refractivity contribution in [2.75, 3.05) is 24.7 Å². The van der Waals surface area contributed by atoms with Crippen molar-refractivity contribution in [3.8, 4) is 0 Å². The van der Waals surface area contributed by atoms with E-state index >= 15 is 0 Å². The third kappa shape index (κ3) is 5.48. The predicted octanol–water partition coefficient (Wildman–Crippen LogP) is 4.10. The van der Waals surface area contributed by atoms with Crippen LogP contribution in [0.1, 0.15) is 12.8 Å². The molecule has 0 radical (unpaired) electrons. The van der Waals surface area contributed by atoms with Gasteiger partial charge in [0.1, 0.15) is 0 Å². The zero-order valence-corrected chi connectivity index (χ0v) is 17.3. The first-order valence-corrected chi connectivity index (χ1v) is 11.7. The van der Waals surface area contributed by atoms with Crippen LogP contribution < -0.4 is 5.32 Å². The molecule has 144 valence electrons. The number of hydrogen-bond acceptors (Lipinski definition) is 4. The Hall–Kier alpha value is -1.54. The molecule has 0 saturated carbocycles. The van der Waals surface area contributed by atoms with Crippen LogP contribution in [0.4, 0.5) is 5.69 Å². The summed E-state index contributed by atoms with van der Waals surface area (Å²) in [6.45, 7) is 0.711. The van der Waals surface area contributed by atoms with Gasteiger partial charge in [0, 0.05) is 27.9 Å².